The van der Waals surface area contributed by atoms with Crippen LogP contribution >= 0.6 is 0 Å². The van der Waals surface area contributed by atoms with E-state index < -0.39 is 206 Å². The van der Waals surface area contributed by atoms with Gasteiger partial charge in [0.2, 0.25) is 23.3 Å². The second-order valence-electron chi connectivity index (χ2n) is 27.4. The van der Waals surface area contributed by atoms with Gasteiger partial charge in [-0.1, -0.05) is 138 Å². The Hall–Kier alpha value is -10.9. The number of rotatable bonds is 13. The number of aromatic nitrogens is 9. The van der Waals surface area contributed by atoms with Crippen molar-refractivity contribution in [1.82, 2.24) is 44.9 Å². The Morgan fingerprint density at radius 3 is 0.699 bits per heavy atom. The van der Waals surface area contributed by atoms with E-state index in [9.17, 15) is 52.7 Å². The molecule has 11 heterocycles. The maximum atomic E-state index is 15.8. The average molecular weight is 2240 g/mol. The Morgan fingerprint density at radius 1 is 0.252 bits per heavy atom. The Bertz CT molecular complexity index is 5930. The predicted octanol–water partition coefficient (Wildman–Crippen LogP) is 25.2. The first-order valence-electron chi connectivity index (χ1n) is 37.6. The fourth-order valence-corrected chi connectivity index (χ4v) is 15.4. The Labute approximate surface area is 730 Å². The van der Waals surface area contributed by atoms with Gasteiger partial charge >= 0.3 is 42.1 Å². The van der Waals surface area contributed by atoms with Gasteiger partial charge in [0.15, 0.2) is 93.1 Å². The van der Waals surface area contributed by atoms with E-state index >= 15 is 35.1 Å². The molecule has 123 heavy (non-hydrogen) atoms. The summed E-state index contributed by atoms with van der Waals surface area (Å²) < 4.78 is 303. The number of hydrogen-bond donors (Lipinski definition) is 0. The Morgan fingerprint density at radius 2 is 0.488 bits per heavy atom. The normalized spacial score (nSPS) is 12.2. The monoisotopic (exact) mass is 2240 g/mol. The molecule has 7 aromatic heterocycles. The first-order valence-corrected chi connectivity index (χ1v) is 37.6. The van der Waals surface area contributed by atoms with Crippen LogP contribution in [-0.2, 0) is 87.9 Å². The zero-order valence-corrected chi connectivity index (χ0v) is 72.2. The Kier molecular flexibility index (Phi) is 28.4. The van der Waals surface area contributed by atoms with Crippen LogP contribution in [0.3, 0.4) is 0 Å². The fraction of sp³-hybridized carbons (Fsp3) is 0.176. The van der Waals surface area contributed by atoms with E-state index in [1.54, 1.807) is 6.20 Å². The molecule has 0 amide bonds. The van der Waals surface area contributed by atoms with Crippen molar-refractivity contribution >= 4 is 90.7 Å². The summed E-state index contributed by atoms with van der Waals surface area (Å²) in [6.07, 6.45) is 11.7. The third-order valence-electron chi connectivity index (χ3n) is 20.9. The number of hydrogen-bond acceptors (Lipinski definition) is 5. The zero-order valence-electron chi connectivity index (χ0n) is 65.3. The topological polar surface area (TPSA) is 121 Å². The molecule has 639 valence electrons. The number of pyridine rings is 1. The van der Waals surface area contributed by atoms with E-state index in [-0.39, 0.29) is 62.2 Å². The molecule has 0 spiro atoms. The minimum absolute atomic E-state index is 0. The van der Waals surface area contributed by atoms with Crippen LogP contribution in [0.25, 0.3) is 146 Å². The number of halogens is 20. The maximum absolute atomic E-state index is 15.8. The molecule has 0 atom stereocenters. The van der Waals surface area contributed by atoms with Crippen LogP contribution in [0.2, 0.25) is 0 Å². The summed E-state index contributed by atoms with van der Waals surface area (Å²) in [5.74, 6) is -53.1. The first kappa shape index (κ1) is 92.8. The van der Waals surface area contributed by atoms with Gasteiger partial charge in [-0.2, -0.15) is 0 Å². The summed E-state index contributed by atoms with van der Waals surface area (Å²) in [6.45, 7) is 17.9. The summed E-state index contributed by atoms with van der Waals surface area (Å²) in [5.41, 5.74) is -0.447. The van der Waals surface area contributed by atoms with Gasteiger partial charge in [-0.25, -0.2) is 108 Å². The van der Waals surface area contributed by atoms with Gasteiger partial charge in [-0.05, 0) is 132 Å². The molecule has 4 aliphatic rings. The van der Waals surface area contributed by atoms with Crippen LogP contribution in [0.1, 0.15) is 149 Å². The Balaban J connectivity index is 0.000000225. The molecule has 1 radical (unpaired) electrons. The zero-order chi connectivity index (χ0) is 86.0. The number of nitrogens with zero attached hydrogens (tertiary/aromatic N) is 9. The van der Waals surface area contributed by atoms with Crippen molar-refractivity contribution in [3.63, 3.8) is 0 Å². The van der Waals surface area contributed by atoms with E-state index in [0.717, 1.165) is 107 Å². The standard InChI is InChI=1S/C44H8F20N4.C36H44N4.C11H8N.Ir.2Pt/c45-25-21(26(46)34(54)41(61)33(25)53)17-9-1-2-10(65-9)18(22-27(47)35(55)42(62)36(56)28(22)48)12-5-6-14(67-12)20(24-31(51)39(59)44(64)40(60)32(24)52)16-8-7-15(68-16)19(13-4-3-11(17)66-13)23-29(49)37(57)43(63)38(58)30(23)50;1-9-21-22(10-2)30-18-32-25(13-5)26(14-6)34(39-32)20-36-28(16-8)27(15-7)35(40-36)19-33-24(12-4)23(11-3)31(38-33)17-29(21)37-30;1-2-6-10(7-3-1)11-8-4-5-9-12-11;;;/h1-8H;17-20H,9-16H2,1-8H3;1-6,8-9H;;;/q2*-2;-1;;2*+2. The van der Waals surface area contributed by atoms with Crippen molar-refractivity contribution in [3.05, 3.63) is 287 Å². The minimum Gasteiger partial charge on any atom is -0.657 e. The van der Waals surface area contributed by atoms with Gasteiger partial charge in [0.05, 0.1) is 67.8 Å². The number of fused-ring (bicyclic) bond motifs is 16. The van der Waals surface area contributed by atoms with Gasteiger partial charge in [-0.15, -0.1) is 80.0 Å². The van der Waals surface area contributed by atoms with Crippen molar-refractivity contribution in [1.29, 1.82) is 0 Å². The molecule has 0 N–H and O–H groups in total. The molecule has 4 aliphatic heterocycles. The van der Waals surface area contributed by atoms with E-state index in [0.29, 0.717) is 48.6 Å². The quantitative estimate of drug-likeness (QED) is 0.0481. The van der Waals surface area contributed by atoms with Gasteiger partial charge in [0.25, 0.3) is 0 Å². The molecule has 0 unspecified atom stereocenters. The van der Waals surface area contributed by atoms with Gasteiger partial charge in [0, 0.05) is 26.3 Å². The van der Waals surface area contributed by atoms with E-state index in [2.05, 4.69) is 111 Å². The summed E-state index contributed by atoms with van der Waals surface area (Å²) >= 11 is 0. The fourth-order valence-electron chi connectivity index (χ4n) is 15.4. The van der Waals surface area contributed by atoms with Crippen molar-refractivity contribution in [2.75, 3.05) is 0 Å². The van der Waals surface area contributed by atoms with Crippen molar-refractivity contribution in [3.8, 4) is 55.8 Å². The van der Waals surface area contributed by atoms with E-state index in [4.69, 9.17) is 19.9 Å². The third-order valence-corrected chi connectivity index (χ3v) is 20.9. The molecule has 16 bridgehead atoms. The van der Waals surface area contributed by atoms with Crippen molar-refractivity contribution < 1.29 is 150 Å². The summed E-state index contributed by atoms with van der Waals surface area (Å²) in [5, 5.41) is 0. The molecule has 0 aliphatic carbocycles. The molecule has 9 nitrogen and oxygen atoms in total. The van der Waals surface area contributed by atoms with Crippen molar-refractivity contribution in [2.24, 2.45) is 0 Å². The molecule has 0 saturated carbocycles. The van der Waals surface area contributed by atoms with E-state index in [1.165, 1.54) is 44.5 Å². The third kappa shape index (κ3) is 16.3. The number of allylic oxidation sites excluding steroid dienone is 4. The second kappa shape index (κ2) is 37.6. The SMILES string of the molecule is CCC1=C(CC)c2cc3[n-]c(cc4nc(cc5[n-]c(cc1n2)c(CC)c5CC)C(CC)=C4CC)c(CC)c3CC.Fc1c(F)c(F)c(-c2c3nc(c(-c4c(F)c(F)c(F)c(F)c4F)c4ccc([n-]4)c(-c4c(F)c(F)c(F)c(F)c4F)c4nc(c(-c5c(F)c(F)c(F)c(F)c5F)c5ccc2[n-]5)C=C4)C=C3)c(F)c1F.[Ir].[Pt+2].[Pt+2].[c-]1ccccc1-c1ccccn1. The van der Waals surface area contributed by atoms with Crippen LogP contribution in [0.4, 0.5) is 87.8 Å². The van der Waals surface area contributed by atoms with Crippen molar-refractivity contribution in [2.45, 2.75) is 107 Å². The molecular weight excluding hydrogens is 2180 g/mol. The minimum atomic E-state index is -2.73. The van der Waals surface area contributed by atoms with Crippen LogP contribution in [-0.4, -0.2) is 24.9 Å². The largest absolute Gasteiger partial charge is 2.00 e. The molecule has 32 heteroatoms. The summed E-state index contributed by atoms with van der Waals surface area (Å²) in [6, 6.07) is 28.1. The molecule has 12 aromatic rings. The molecule has 16 rings (SSSR count). The number of benzene rings is 5. The average Bonchev–Trinajstić information content (AvgIpc) is 1.59. The molecule has 0 fully saturated rings. The summed E-state index contributed by atoms with van der Waals surface area (Å²) in [7, 11) is 0. The van der Waals surface area contributed by atoms with E-state index in [1.807, 2.05) is 42.5 Å². The van der Waals surface area contributed by atoms with Gasteiger partial charge < -0.3 is 24.9 Å². The first-order chi connectivity index (χ1) is 57.5. The summed E-state index contributed by atoms with van der Waals surface area (Å²) in [4.78, 5) is 40.8. The second-order valence-corrected chi connectivity index (χ2v) is 27.4. The van der Waals surface area contributed by atoms with Crippen LogP contribution in [0.15, 0.2) is 97.2 Å². The molecule has 0 saturated heterocycles. The smallest absolute Gasteiger partial charge is 0.657 e. The maximum Gasteiger partial charge on any atom is 2.00 e. The van der Waals surface area contributed by atoms with Crippen LogP contribution < -0.4 is 19.9 Å². The van der Waals surface area contributed by atoms with Crippen LogP contribution in [0.5, 0.6) is 0 Å². The number of aryl methyl sites for hydroxylation is 4. The van der Waals surface area contributed by atoms with Gasteiger partial charge in [-0.3, -0.25) is 0 Å². The molecule has 5 aromatic carbocycles. The molecular formula is C91H60F20IrN9Pt2-. The van der Waals surface area contributed by atoms with Gasteiger partial charge in [0.1, 0.15) is 0 Å². The predicted molar refractivity (Wildman–Crippen MR) is 417 cm³/mol. The van der Waals surface area contributed by atoms with Crippen LogP contribution in [0, 0.1) is 122 Å².